The fourth-order valence-electron chi connectivity index (χ4n) is 5.90. The Bertz CT molecular complexity index is 917. The number of aliphatic hydroxyl groups excluding tert-OH is 1. The smallest absolute Gasteiger partial charge is 0.247 e. The van der Waals surface area contributed by atoms with Crippen LogP contribution in [0.1, 0.15) is 116 Å². The van der Waals surface area contributed by atoms with Crippen molar-refractivity contribution in [3.05, 3.63) is 34.9 Å². The van der Waals surface area contributed by atoms with Crippen molar-refractivity contribution in [2.75, 3.05) is 6.61 Å². The van der Waals surface area contributed by atoms with E-state index < -0.39 is 0 Å². The molecule has 0 saturated heterocycles. The van der Waals surface area contributed by atoms with E-state index in [1.165, 1.54) is 25.7 Å². The summed E-state index contributed by atoms with van der Waals surface area (Å²) in [6.07, 6.45) is 10.8. The number of carbonyl (C=O) groups is 1. The molecule has 1 amide bonds. The van der Waals surface area contributed by atoms with Gasteiger partial charge in [0.05, 0.1) is 0 Å². The maximum Gasteiger partial charge on any atom is 0.247 e. The first kappa shape index (κ1) is 27.6. The molecule has 1 aliphatic carbocycles. The monoisotopic (exact) mass is 485 g/mol. The lowest BCUT2D eigenvalue weighted by Gasteiger charge is -2.47. The van der Waals surface area contributed by atoms with Gasteiger partial charge in [0.15, 0.2) is 0 Å². The summed E-state index contributed by atoms with van der Waals surface area (Å²) in [7, 11) is 0. The van der Waals surface area contributed by atoms with E-state index in [4.69, 9.17) is 9.84 Å². The lowest BCUT2D eigenvalue weighted by Crippen LogP contribution is -2.46. The number of aromatic hydroxyl groups is 1. The Kier molecular flexibility index (Phi) is 8.96. The molecule has 0 aromatic heterocycles. The molecule has 3 atom stereocenters. The average molecular weight is 486 g/mol. The highest BCUT2D eigenvalue weighted by Crippen LogP contribution is 2.55. The molecule has 1 heterocycles. The van der Waals surface area contributed by atoms with Crippen LogP contribution in [0.2, 0.25) is 0 Å². The maximum absolute atomic E-state index is 13.0. The minimum absolute atomic E-state index is 0.0159. The van der Waals surface area contributed by atoms with Gasteiger partial charge in [-0.15, -0.1) is 0 Å². The number of phenols is 1. The number of aliphatic hydroxyl groups is 1. The Balaban J connectivity index is 1.85. The van der Waals surface area contributed by atoms with Crippen LogP contribution in [0.3, 0.4) is 0 Å². The van der Waals surface area contributed by atoms with Crippen molar-refractivity contribution in [1.82, 2.24) is 5.32 Å². The van der Waals surface area contributed by atoms with E-state index in [-0.39, 0.29) is 41.4 Å². The number of phenolic OH excluding ortho intramolecular Hbond substituents is 1. The minimum atomic E-state index is -0.388. The van der Waals surface area contributed by atoms with Crippen molar-refractivity contribution >= 4 is 5.91 Å². The number of unbranched alkanes of at least 4 members (excludes halogenated alkanes) is 3. The number of nitrogens with one attached hydrogen (secondary N) is 1. The largest absolute Gasteiger partial charge is 0.508 e. The quantitative estimate of drug-likeness (QED) is 0.312. The van der Waals surface area contributed by atoms with E-state index in [0.717, 1.165) is 41.7 Å². The van der Waals surface area contributed by atoms with Crippen LogP contribution in [0.4, 0.5) is 0 Å². The van der Waals surface area contributed by atoms with Crippen molar-refractivity contribution in [2.24, 2.45) is 5.92 Å². The average Bonchev–Trinajstić information content (AvgIpc) is 2.79. The molecule has 1 aliphatic heterocycles. The first-order chi connectivity index (χ1) is 16.5. The Hall–Kier alpha value is -2.01. The van der Waals surface area contributed by atoms with Gasteiger partial charge in [-0.25, -0.2) is 0 Å². The van der Waals surface area contributed by atoms with Gasteiger partial charge in [0.1, 0.15) is 17.1 Å². The fourth-order valence-corrected chi connectivity index (χ4v) is 5.90. The Morgan fingerprint density at radius 1 is 1.23 bits per heavy atom. The third kappa shape index (κ3) is 6.41. The van der Waals surface area contributed by atoms with Gasteiger partial charge in [-0.2, -0.15) is 0 Å². The van der Waals surface area contributed by atoms with E-state index in [9.17, 15) is 9.90 Å². The second kappa shape index (κ2) is 11.4. The van der Waals surface area contributed by atoms with E-state index in [0.29, 0.717) is 18.6 Å². The molecule has 1 aromatic rings. The second-order valence-electron chi connectivity index (χ2n) is 11.9. The van der Waals surface area contributed by atoms with E-state index in [1.807, 2.05) is 13.0 Å². The zero-order chi connectivity index (χ0) is 25.8. The van der Waals surface area contributed by atoms with Crippen LogP contribution in [0, 0.1) is 5.92 Å². The van der Waals surface area contributed by atoms with Gasteiger partial charge in [-0.3, -0.25) is 4.79 Å². The number of benzene rings is 1. The summed E-state index contributed by atoms with van der Waals surface area (Å²) in [6.45, 7) is 13.1. The Morgan fingerprint density at radius 3 is 2.66 bits per heavy atom. The molecule has 0 saturated carbocycles. The number of ether oxygens (including phenoxy) is 1. The van der Waals surface area contributed by atoms with Crippen LogP contribution < -0.4 is 10.1 Å². The van der Waals surface area contributed by atoms with Gasteiger partial charge < -0.3 is 20.3 Å². The van der Waals surface area contributed by atoms with Crippen molar-refractivity contribution in [1.29, 1.82) is 0 Å². The van der Waals surface area contributed by atoms with Crippen LogP contribution in [0.5, 0.6) is 11.5 Å². The standard InChI is InChI=1S/C30H47NO4/c1-7-8-9-10-15-29(3,4)22-18-25(33)27-23-17-21(28(34)31-20(2)12-11-16-32)13-14-24(23)30(5,6)35-26(27)19-22/h13,18-20,23-24,32-33H,7-12,14-17H2,1-6H3,(H,31,34)/t20-,23-,24-/m1/s1. The van der Waals surface area contributed by atoms with Crippen LogP contribution in [0.25, 0.3) is 0 Å². The van der Waals surface area contributed by atoms with Crippen LogP contribution in [-0.4, -0.2) is 34.4 Å². The van der Waals surface area contributed by atoms with Crippen molar-refractivity contribution in [3.8, 4) is 11.5 Å². The maximum atomic E-state index is 13.0. The van der Waals surface area contributed by atoms with E-state index in [2.05, 4.69) is 52.1 Å². The molecule has 5 heteroatoms. The summed E-state index contributed by atoms with van der Waals surface area (Å²) in [4.78, 5) is 13.0. The first-order valence-corrected chi connectivity index (χ1v) is 13.7. The molecule has 2 aliphatic rings. The highest BCUT2D eigenvalue weighted by atomic mass is 16.5. The molecule has 196 valence electrons. The topological polar surface area (TPSA) is 78.8 Å². The number of rotatable bonds is 11. The van der Waals surface area contributed by atoms with Gasteiger partial charge in [-0.1, -0.05) is 52.5 Å². The lowest BCUT2D eigenvalue weighted by atomic mass is 9.66. The van der Waals surface area contributed by atoms with Crippen molar-refractivity contribution in [2.45, 2.75) is 122 Å². The lowest BCUT2D eigenvalue weighted by molar-refractivity contribution is -0.118. The highest BCUT2D eigenvalue weighted by Gasteiger charge is 2.47. The fraction of sp³-hybridized carbons (Fsp3) is 0.700. The number of amides is 1. The molecular weight excluding hydrogens is 438 g/mol. The van der Waals surface area contributed by atoms with Crippen LogP contribution >= 0.6 is 0 Å². The van der Waals surface area contributed by atoms with Crippen molar-refractivity contribution in [3.63, 3.8) is 0 Å². The van der Waals surface area contributed by atoms with Crippen molar-refractivity contribution < 1.29 is 19.7 Å². The summed E-state index contributed by atoms with van der Waals surface area (Å²) in [5, 5.41) is 23.4. The van der Waals surface area contributed by atoms with Gasteiger partial charge in [0.2, 0.25) is 5.91 Å². The highest BCUT2D eigenvalue weighted by molar-refractivity contribution is 5.94. The summed E-state index contributed by atoms with van der Waals surface area (Å²) in [6, 6.07) is 4.09. The Labute approximate surface area is 212 Å². The predicted octanol–water partition coefficient (Wildman–Crippen LogP) is 6.51. The molecular formula is C30H47NO4. The van der Waals surface area contributed by atoms with E-state index in [1.54, 1.807) is 0 Å². The molecule has 0 radical (unpaired) electrons. The Morgan fingerprint density at radius 2 is 1.97 bits per heavy atom. The first-order valence-electron chi connectivity index (χ1n) is 13.7. The summed E-state index contributed by atoms with van der Waals surface area (Å²) in [5.74, 6) is 1.25. The SMILES string of the molecule is CCCCCCC(C)(C)c1cc(O)c2c(c1)OC(C)(C)[C@@H]1CC=C(C(=O)N[C@H](C)CCCO)C[C@@H]21. The van der Waals surface area contributed by atoms with Crippen LogP contribution in [-0.2, 0) is 10.2 Å². The predicted molar refractivity (Wildman–Crippen MR) is 142 cm³/mol. The minimum Gasteiger partial charge on any atom is -0.508 e. The zero-order valence-corrected chi connectivity index (χ0v) is 22.7. The van der Waals surface area contributed by atoms with E-state index >= 15 is 0 Å². The number of hydrogen-bond donors (Lipinski definition) is 3. The molecule has 1 aromatic carbocycles. The molecule has 5 nitrogen and oxygen atoms in total. The molecule has 0 unspecified atom stereocenters. The number of carbonyl (C=O) groups excluding carboxylic acids is 1. The second-order valence-corrected chi connectivity index (χ2v) is 11.9. The van der Waals surface area contributed by atoms with Gasteiger partial charge in [0.25, 0.3) is 0 Å². The molecule has 3 N–H and O–H groups in total. The molecule has 0 bridgehead atoms. The summed E-state index contributed by atoms with van der Waals surface area (Å²) >= 11 is 0. The summed E-state index contributed by atoms with van der Waals surface area (Å²) < 4.78 is 6.54. The number of hydrogen-bond acceptors (Lipinski definition) is 4. The normalized spacial score (nSPS) is 21.9. The molecule has 35 heavy (non-hydrogen) atoms. The zero-order valence-electron chi connectivity index (χ0n) is 22.7. The summed E-state index contributed by atoms with van der Waals surface area (Å²) in [5.41, 5.74) is 2.31. The molecule has 3 rings (SSSR count). The molecule has 0 spiro atoms. The van der Waals surface area contributed by atoms with Crippen LogP contribution in [0.15, 0.2) is 23.8 Å². The number of fused-ring (bicyclic) bond motifs is 3. The molecule has 0 fully saturated rings. The van der Waals surface area contributed by atoms with Gasteiger partial charge in [-0.05, 0) is 76.0 Å². The number of allylic oxidation sites excluding steroid dienone is 1. The third-order valence-corrected chi connectivity index (χ3v) is 8.20. The van der Waals surface area contributed by atoms with Gasteiger partial charge >= 0.3 is 0 Å². The van der Waals surface area contributed by atoms with Gasteiger partial charge in [0, 0.05) is 35.6 Å². The third-order valence-electron chi connectivity index (χ3n) is 8.20.